The highest BCUT2D eigenvalue weighted by Gasteiger charge is 2.25. The van der Waals surface area contributed by atoms with Crippen LogP contribution in [0.15, 0.2) is 23.2 Å². The molecule has 0 saturated heterocycles. The first-order chi connectivity index (χ1) is 9.01. The van der Waals surface area contributed by atoms with Gasteiger partial charge in [0.25, 0.3) is 0 Å². The molecule has 0 aromatic carbocycles. The molecule has 0 amide bonds. The third-order valence-corrected chi connectivity index (χ3v) is 6.05. The molecule has 5 nitrogen and oxygen atoms in total. The van der Waals surface area contributed by atoms with E-state index >= 15 is 0 Å². The van der Waals surface area contributed by atoms with Crippen molar-refractivity contribution in [3.05, 3.63) is 18.3 Å². The van der Waals surface area contributed by atoms with Gasteiger partial charge in [-0.3, -0.25) is 0 Å². The lowest BCUT2D eigenvalue weighted by molar-refractivity contribution is 0.420. The molecule has 1 fully saturated rings. The first kappa shape index (κ1) is 14.6. The van der Waals surface area contributed by atoms with Crippen LogP contribution in [-0.2, 0) is 10.0 Å². The van der Waals surface area contributed by atoms with Crippen LogP contribution in [0.4, 0.5) is 5.82 Å². The number of rotatable bonds is 4. The molecule has 0 spiro atoms. The lowest BCUT2D eigenvalue weighted by Gasteiger charge is -2.27. The van der Waals surface area contributed by atoms with Gasteiger partial charge in [-0.1, -0.05) is 0 Å². The predicted octanol–water partition coefficient (Wildman–Crippen LogP) is 1.62. The Morgan fingerprint density at radius 1 is 1.37 bits per heavy atom. The zero-order valence-corrected chi connectivity index (χ0v) is 12.5. The summed E-state index contributed by atoms with van der Waals surface area (Å²) in [6.07, 6.45) is 7.43. The summed E-state index contributed by atoms with van der Waals surface area (Å²) in [4.78, 5) is 3.99. The molecule has 3 N–H and O–H groups in total. The zero-order chi connectivity index (χ0) is 13.9. The number of sulfonamides is 1. The molecule has 19 heavy (non-hydrogen) atoms. The highest BCUT2D eigenvalue weighted by Crippen LogP contribution is 2.27. The maximum atomic E-state index is 12.2. The van der Waals surface area contributed by atoms with Crippen molar-refractivity contribution in [2.24, 2.45) is 0 Å². The van der Waals surface area contributed by atoms with Crippen LogP contribution in [0.2, 0.25) is 0 Å². The molecule has 106 valence electrons. The summed E-state index contributed by atoms with van der Waals surface area (Å²) in [6.45, 7) is 0. The van der Waals surface area contributed by atoms with Crippen molar-refractivity contribution in [2.45, 2.75) is 41.9 Å². The highest BCUT2D eigenvalue weighted by molar-refractivity contribution is 7.99. The van der Waals surface area contributed by atoms with Crippen molar-refractivity contribution >= 4 is 27.6 Å². The predicted molar refractivity (Wildman–Crippen MR) is 78.5 cm³/mol. The van der Waals surface area contributed by atoms with Crippen molar-refractivity contribution in [1.29, 1.82) is 0 Å². The summed E-state index contributed by atoms with van der Waals surface area (Å²) >= 11 is 1.86. The second-order valence-electron chi connectivity index (χ2n) is 4.75. The van der Waals surface area contributed by atoms with Gasteiger partial charge in [-0.2, -0.15) is 11.8 Å². The third kappa shape index (κ3) is 3.84. The number of hydrogen-bond acceptors (Lipinski definition) is 5. The summed E-state index contributed by atoms with van der Waals surface area (Å²) in [5.41, 5.74) is 5.52. The van der Waals surface area contributed by atoms with Crippen molar-refractivity contribution in [2.75, 3.05) is 12.0 Å². The molecule has 0 aliphatic heterocycles. The SMILES string of the molecule is CSC1CCC(NS(=O)(=O)c2ccnc(N)c2)CC1. The summed E-state index contributed by atoms with van der Waals surface area (Å²) in [5, 5.41) is 0.664. The van der Waals surface area contributed by atoms with Crippen molar-refractivity contribution in [3.63, 3.8) is 0 Å². The van der Waals surface area contributed by atoms with Gasteiger partial charge in [-0.05, 0) is 38.0 Å². The maximum Gasteiger partial charge on any atom is 0.241 e. The fourth-order valence-corrected chi connectivity index (χ4v) is 4.37. The van der Waals surface area contributed by atoms with E-state index in [9.17, 15) is 8.42 Å². The van der Waals surface area contributed by atoms with Gasteiger partial charge in [0.1, 0.15) is 5.82 Å². The molecule has 1 saturated carbocycles. The van der Waals surface area contributed by atoms with Gasteiger partial charge in [-0.15, -0.1) is 0 Å². The monoisotopic (exact) mass is 301 g/mol. The highest BCUT2D eigenvalue weighted by atomic mass is 32.2. The van der Waals surface area contributed by atoms with Gasteiger partial charge >= 0.3 is 0 Å². The van der Waals surface area contributed by atoms with E-state index in [2.05, 4.69) is 16.0 Å². The smallest absolute Gasteiger partial charge is 0.241 e. The van der Waals surface area contributed by atoms with Crippen LogP contribution in [0.3, 0.4) is 0 Å². The van der Waals surface area contributed by atoms with Crippen molar-refractivity contribution in [3.8, 4) is 0 Å². The van der Waals surface area contributed by atoms with Gasteiger partial charge in [-0.25, -0.2) is 18.1 Å². The van der Waals surface area contributed by atoms with Crippen molar-refractivity contribution in [1.82, 2.24) is 9.71 Å². The molecule has 1 aliphatic carbocycles. The minimum atomic E-state index is -3.48. The number of hydrogen-bond donors (Lipinski definition) is 2. The van der Waals surface area contributed by atoms with E-state index in [0.29, 0.717) is 5.25 Å². The number of pyridine rings is 1. The number of nitrogens with zero attached hydrogens (tertiary/aromatic N) is 1. The molecular weight excluding hydrogens is 282 g/mol. The van der Waals surface area contributed by atoms with Crippen LogP contribution < -0.4 is 10.5 Å². The Hall–Kier alpha value is -0.790. The average molecular weight is 301 g/mol. The fraction of sp³-hybridized carbons (Fsp3) is 0.583. The summed E-state index contributed by atoms with van der Waals surface area (Å²) in [5.74, 6) is 0.217. The van der Waals surface area contributed by atoms with Crippen LogP contribution in [-0.4, -0.2) is 30.9 Å². The summed E-state index contributed by atoms with van der Waals surface area (Å²) in [7, 11) is -3.48. The van der Waals surface area contributed by atoms with Gasteiger partial charge in [0.2, 0.25) is 10.0 Å². The maximum absolute atomic E-state index is 12.2. The van der Waals surface area contributed by atoms with Crippen LogP contribution in [0.1, 0.15) is 25.7 Å². The molecule has 1 aliphatic rings. The Morgan fingerprint density at radius 3 is 2.63 bits per heavy atom. The van der Waals surface area contributed by atoms with Crippen LogP contribution >= 0.6 is 11.8 Å². The fourth-order valence-electron chi connectivity index (χ4n) is 2.30. The minimum Gasteiger partial charge on any atom is -0.384 e. The Kier molecular flexibility index (Phi) is 4.70. The third-order valence-electron chi connectivity index (χ3n) is 3.39. The Morgan fingerprint density at radius 2 is 2.05 bits per heavy atom. The van der Waals surface area contributed by atoms with Gasteiger partial charge in [0.05, 0.1) is 4.90 Å². The van der Waals surface area contributed by atoms with E-state index in [1.165, 1.54) is 18.3 Å². The van der Waals surface area contributed by atoms with E-state index < -0.39 is 10.0 Å². The van der Waals surface area contributed by atoms with E-state index in [-0.39, 0.29) is 16.8 Å². The van der Waals surface area contributed by atoms with Crippen LogP contribution in [0.5, 0.6) is 0 Å². The lowest BCUT2D eigenvalue weighted by atomic mass is 9.96. The van der Waals surface area contributed by atoms with Crippen LogP contribution in [0, 0.1) is 0 Å². The second-order valence-corrected chi connectivity index (χ2v) is 7.60. The van der Waals surface area contributed by atoms with E-state index in [0.717, 1.165) is 25.7 Å². The second kappa shape index (κ2) is 6.11. The number of nitrogens with one attached hydrogen (secondary N) is 1. The normalized spacial score (nSPS) is 24.3. The first-order valence-electron chi connectivity index (χ1n) is 6.28. The number of nitrogen functional groups attached to an aromatic ring is 1. The standard InChI is InChI=1S/C12H19N3O2S2/c1-18-10-4-2-9(3-5-10)15-19(16,17)11-6-7-14-12(13)8-11/h6-10,15H,2-5H2,1H3,(H2,13,14). The van der Waals surface area contributed by atoms with E-state index in [1.807, 2.05) is 11.8 Å². The van der Waals surface area contributed by atoms with Crippen LogP contribution in [0.25, 0.3) is 0 Å². The first-order valence-corrected chi connectivity index (χ1v) is 9.05. The van der Waals surface area contributed by atoms with Gasteiger partial charge < -0.3 is 5.73 Å². The molecule has 1 heterocycles. The Balaban J connectivity index is 2.02. The molecule has 2 rings (SSSR count). The molecule has 0 atom stereocenters. The molecule has 1 aromatic heterocycles. The summed E-state index contributed by atoms with van der Waals surface area (Å²) in [6, 6.07) is 2.88. The number of anilines is 1. The molecule has 1 aromatic rings. The summed E-state index contributed by atoms with van der Waals surface area (Å²) < 4.78 is 27.2. The largest absolute Gasteiger partial charge is 0.384 e. The molecular formula is C12H19N3O2S2. The number of nitrogens with two attached hydrogens (primary N) is 1. The van der Waals surface area contributed by atoms with Gasteiger partial charge in [0.15, 0.2) is 0 Å². The number of thioether (sulfide) groups is 1. The average Bonchev–Trinajstić information content (AvgIpc) is 2.39. The quantitative estimate of drug-likeness (QED) is 0.882. The van der Waals surface area contributed by atoms with Crippen molar-refractivity contribution < 1.29 is 8.42 Å². The zero-order valence-electron chi connectivity index (χ0n) is 10.9. The van der Waals surface area contributed by atoms with E-state index in [4.69, 9.17) is 5.73 Å². The molecule has 0 unspecified atom stereocenters. The van der Waals surface area contributed by atoms with Gasteiger partial charge in [0, 0.05) is 23.6 Å². The number of aromatic nitrogens is 1. The molecule has 0 radical (unpaired) electrons. The Bertz CT molecular complexity index is 526. The topological polar surface area (TPSA) is 85.1 Å². The molecule has 0 bridgehead atoms. The minimum absolute atomic E-state index is 0.0304. The van der Waals surface area contributed by atoms with E-state index in [1.54, 1.807) is 0 Å². The Labute approximate surface area is 118 Å². The lowest BCUT2D eigenvalue weighted by Crippen LogP contribution is -2.38. The molecule has 7 heteroatoms.